The summed E-state index contributed by atoms with van der Waals surface area (Å²) in [4.78, 5) is 0. The summed E-state index contributed by atoms with van der Waals surface area (Å²) in [5.74, 6) is 0.550. The topological polar surface area (TPSA) is 20.2 Å². The molecule has 0 heterocycles. The molecule has 1 aromatic carbocycles. The fourth-order valence-corrected chi connectivity index (χ4v) is 2.03. The van der Waals surface area contributed by atoms with Crippen LogP contribution in [0.4, 0.5) is 0 Å². The van der Waals surface area contributed by atoms with Crippen LogP contribution in [-0.2, 0) is 0 Å². The molecule has 0 aliphatic heterocycles. The average molecular weight is 217 g/mol. The van der Waals surface area contributed by atoms with E-state index >= 15 is 0 Å². The van der Waals surface area contributed by atoms with Gasteiger partial charge >= 0.3 is 0 Å². The maximum atomic E-state index is 9.31. The number of aromatic hydroxyl groups is 1. The highest BCUT2D eigenvalue weighted by atomic mass is 35.5. The maximum Gasteiger partial charge on any atom is 0.125 e. The van der Waals surface area contributed by atoms with Crippen molar-refractivity contribution in [1.29, 1.82) is 0 Å². The van der Waals surface area contributed by atoms with Crippen LogP contribution in [0, 0.1) is 6.92 Å². The van der Waals surface area contributed by atoms with Gasteiger partial charge in [-0.3, -0.25) is 0 Å². The van der Waals surface area contributed by atoms with E-state index in [0.717, 1.165) is 17.5 Å². The van der Waals surface area contributed by atoms with E-state index in [9.17, 15) is 5.11 Å². The van der Waals surface area contributed by atoms with Crippen molar-refractivity contribution < 1.29 is 5.11 Å². The molecule has 2 rings (SSSR count). The second-order valence-electron chi connectivity index (χ2n) is 3.56. The van der Waals surface area contributed by atoms with Crippen molar-refractivity contribution in [2.75, 3.05) is 0 Å². The summed E-state index contributed by atoms with van der Waals surface area (Å²) in [5, 5.41) is 9.31. The average Bonchev–Trinajstić information content (AvgIpc) is 2.66. The molecular weight excluding hydrogens is 207 g/mol. The quantitative estimate of drug-likeness (QED) is 0.715. The van der Waals surface area contributed by atoms with E-state index in [1.807, 2.05) is 19.1 Å². The molecule has 3 heteroatoms. The SMILES string of the molecule is Cc1cc(C2CC2(Cl)Cl)ccc1O. The zero-order chi connectivity index (χ0) is 9.64. The lowest BCUT2D eigenvalue weighted by Crippen LogP contribution is -1.90. The lowest BCUT2D eigenvalue weighted by atomic mass is 10.1. The van der Waals surface area contributed by atoms with Crippen LogP contribution in [0.2, 0.25) is 0 Å². The standard InChI is InChI=1S/C10H10Cl2O/c1-6-4-7(2-3-9(6)13)8-5-10(8,11)12/h2-4,8,13H,5H2,1H3. The first-order chi connectivity index (χ1) is 6.00. The summed E-state index contributed by atoms with van der Waals surface area (Å²) in [6.07, 6.45) is 0.806. The Morgan fingerprint density at radius 2 is 2.08 bits per heavy atom. The monoisotopic (exact) mass is 216 g/mol. The Balaban J connectivity index is 2.29. The predicted octanol–water partition coefficient (Wildman–Crippen LogP) is 3.36. The molecule has 0 spiro atoms. The van der Waals surface area contributed by atoms with Crippen LogP contribution >= 0.6 is 23.2 Å². The summed E-state index contributed by atoms with van der Waals surface area (Å²) >= 11 is 11.9. The third kappa shape index (κ3) is 1.63. The molecule has 70 valence electrons. The summed E-state index contributed by atoms with van der Waals surface area (Å²) in [5.41, 5.74) is 1.98. The molecule has 0 bridgehead atoms. The molecule has 1 N–H and O–H groups in total. The van der Waals surface area contributed by atoms with E-state index in [-0.39, 0.29) is 5.92 Å². The van der Waals surface area contributed by atoms with Crippen molar-refractivity contribution in [2.45, 2.75) is 23.6 Å². The van der Waals surface area contributed by atoms with Gasteiger partial charge in [0, 0.05) is 5.92 Å². The number of halogens is 2. The van der Waals surface area contributed by atoms with Crippen LogP contribution in [0.15, 0.2) is 18.2 Å². The number of alkyl halides is 2. The fraction of sp³-hybridized carbons (Fsp3) is 0.400. The molecule has 1 saturated carbocycles. The first-order valence-electron chi connectivity index (χ1n) is 4.18. The molecule has 1 nitrogen and oxygen atoms in total. The van der Waals surface area contributed by atoms with Gasteiger partial charge in [-0.25, -0.2) is 0 Å². The highest BCUT2D eigenvalue weighted by molar-refractivity contribution is 6.51. The molecule has 0 saturated heterocycles. The van der Waals surface area contributed by atoms with Gasteiger partial charge in [0.2, 0.25) is 0 Å². The zero-order valence-electron chi connectivity index (χ0n) is 7.22. The normalized spacial score (nSPS) is 24.4. The van der Waals surface area contributed by atoms with Gasteiger partial charge in [0.15, 0.2) is 0 Å². The lowest BCUT2D eigenvalue weighted by Gasteiger charge is -2.03. The second-order valence-corrected chi connectivity index (χ2v) is 5.11. The Bertz CT molecular complexity index is 347. The van der Waals surface area contributed by atoms with Crippen LogP contribution < -0.4 is 0 Å². The highest BCUT2D eigenvalue weighted by Crippen LogP contribution is 2.59. The molecule has 1 aliphatic rings. The summed E-state index contributed by atoms with van der Waals surface area (Å²) in [6.45, 7) is 1.87. The van der Waals surface area contributed by atoms with Crippen molar-refractivity contribution in [3.63, 3.8) is 0 Å². The number of benzene rings is 1. The molecular formula is C10H10Cl2O. The molecule has 0 aromatic heterocycles. The predicted molar refractivity (Wildman–Crippen MR) is 54.6 cm³/mol. The Kier molecular flexibility index (Phi) is 1.97. The maximum absolute atomic E-state index is 9.31. The van der Waals surface area contributed by atoms with Crippen LogP contribution in [0.25, 0.3) is 0 Å². The van der Waals surface area contributed by atoms with Crippen LogP contribution in [-0.4, -0.2) is 9.44 Å². The summed E-state index contributed by atoms with van der Waals surface area (Å²) in [6, 6.07) is 5.50. The van der Waals surface area contributed by atoms with Gasteiger partial charge in [0.05, 0.1) is 0 Å². The lowest BCUT2D eigenvalue weighted by molar-refractivity contribution is 0.471. The molecule has 1 unspecified atom stereocenters. The largest absolute Gasteiger partial charge is 0.508 e. The van der Waals surface area contributed by atoms with Gasteiger partial charge in [-0.15, -0.1) is 23.2 Å². The summed E-state index contributed by atoms with van der Waals surface area (Å²) < 4.78 is -0.580. The van der Waals surface area contributed by atoms with Crippen molar-refractivity contribution in [2.24, 2.45) is 0 Å². The van der Waals surface area contributed by atoms with Gasteiger partial charge in [-0.05, 0) is 30.5 Å². The van der Waals surface area contributed by atoms with E-state index in [0.29, 0.717) is 5.75 Å². The van der Waals surface area contributed by atoms with Crippen LogP contribution in [0.1, 0.15) is 23.5 Å². The van der Waals surface area contributed by atoms with Crippen molar-refractivity contribution in [3.05, 3.63) is 29.3 Å². The van der Waals surface area contributed by atoms with Gasteiger partial charge < -0.3 is 5.11 Å². The zero-order valence-corrected chi connectivity index (χ0v) is 8.73. The Morgan fingerprint density at radius 3 is 2.54 bits per heavy atom. The van der Waals surface area contributed by atoms with Crippen molar-refractivity contribution in [1.82, 2.24) is 0 Å². The molecule has 1 fully saturated rings. The minimum atomic E-state index is -0.580. The number of rotatable bonds is 1. The Morgan fingerprint density at radius 1 is 1.46 bits per heavy atom. The first kappa shape index (κ1) is 9.17. The van der Waals surface area contributed by atoms with E-state index in [1.165, 1.54) is 0 Å². The van der Waals surface area contributed by atoms with Crippen molar-refractivity contribution >= 4 is 23.2 Å². The molecule has 1 atom stereocenters. The molecule has 1 aromatic rings. The molecule has 1 aliphatic carbocycles. The summed E-state index contributed by atoms with van der Waals surface area (Å²) in [7, 11) is 0. The molecule has 0 amide bonds. The number of hydrogen-bond acceptors (Lipinski definition) is 1. The van der Waals surface area contributed by atoms with Gasteiger partial charge in [-0.1, -0.05) is 12.1 Å². The van der Waals surface area contributed by atoms with Gasteiger partial charge in [0.25, 0.3) is 0 Å². The number of aryl methyl sites for hydroxylation is 1. The minimum absolute atomic E-state index is 0.232. The minimum Gasteiger partial charge on any atom is -0.508 e. The van der Waals surface area contributed by atoms with E-state index in [4.69, 9.17) is 23.2 Å². The van der Waals surface area contributed by atoms with E-state index in [1.54, 1.807) is 6.07 Å². The van der Waals surface area contributed by atoms with Crippen LogP contribution in [0.5, 0.6) is 5.75 Å². The van der Waals surface area contributed by atoms with E-state index < -0.39 is 4.33 Å². The Labute approximate surface area is 87.3 Å². The Hall–Kier alpha value is -0.400. The number of hydrogen-bond donors (Lipinski definition) is 1. The van der Waals surface area contributed by atoms with E-state index in [2.05, 4.69) is 0 Å². The first-order valence-corrected chi connectivity index (χ1v) is 4.93. The second kappa shape index (κ2) is 2.79. The molecule has 0 radical (unpaired) electrons. The van der Waals surface area contributed by atoms with Gasteiger partial charge in [0.1, 0.15) is 10.1 Å². The number of phenols is 1. The smallest absolute Gasteiger partial charge is 0.125 e. The number of phenolic OH excluding ortho intramolecular Hbond substituents is 1. The van der Waals surface area contributed by atoms with Crippen LogP contribution in [0.3, 0.4) is 0 Å². The highest BCUT2D eigenvalue weighted by Gasteiger charge is 2.52. The molecule has 13 heavy (non-hydrogen) atoms. The third-order valence-corrected chi connectivity index (χ3v) is 3.28. The van der Waals surface area contributed by atoms with Gasteiger partial charge in [-0.2, -0.15) is 0 Å². The van der Waals surface area contributed by atoms with Crippen molar-refractivity contribution in [3.8, 4) is 5.75 Å². The fourth-order valence-electron chi connectivity index (χ4n) is 1.47. The third-order valence-electron chi connectivity index (χ3n) is 2.45.